The molecule has 1 aliphatic heterocycles. The van der Waals surface area contributed by atoms with Crippen molar-refractivity contribution in [3.8, 4) is 6.07 Å². The van der Waals surface area contributed by atoms with E-state index in [1.165, 1.54) is 11.1 Å². The lowest BCUT2D eigenvalue weighted by molar-refractivity contribution is -0.219. The molecule has 2 aliphatic rings. The highest BCUT2D eigenvalue weighted by Crippen LogP contribution is 2.42. The van der Waals surface area contributed by atoms with Crippen LogP contribution in [0.4, 0.5) is 0 Å². The van der Waals surface area contributed by atoms with E-state index in [1.807, 2.05) is 58.0 Å². The summed E-state index contributed by atoms with van der Waals surface area (Å²) in [5.41, 5.74) is 2.61. The van der Waals surface area contributed by atoms with Crippen molar-refractivity contribution in [2.24, 2.45) is 0 Å². The molecule has 29 heavy (non-hydrogen) atoms. The number of benzene rings is 1. The predicted molar refractivity (Wildman–Crippen MR) is 119 cm³/mol. The Labute approximate surface area is 177 Å². The van der Waals surface area contributed by atoms with Gasteiger partial charge in [0, 0.05) is 12.8 Å². The van der Waals surface area contributed by atoms with Crippen molar-refractivity contribution < 1.29 is 14.6 Å². The van der Waals surface area contributed by atoms with Crippen molar-refractivity contribution in [1.29, 1.82) is 5.26 Å². The molecule has 1 heterocycles. The quantitative estimate of drug-likeness (QED) is 0.633. The van der Waals surface area contributed by atoms with E-state index in [4.69, 9.17) is 14.7 Å². The third kappa shape index (κ3) is 8.70. The minimum absolute atomic E-state index is 0.444. The minimum Gasteiger partial charge on any atom is -0.390 e. The van der Waals surface area contributed by atoms with E-state index in [0.717, 1.165) is 44.1 Å². The normalized spacial score (nSPS) is 22.4. The molecule has 162 valence electrons. The first-order valence-electron chi connectivity index (χ1n) is 10.9. The van der Waals surface area contributed by atoms with E-state index < -0.39 is 11.4 Å². The average molecular weight is 402 g/mol. The highest BCUT2D eigenvalue weighted by atomic mass is 16.7. The molecule has 1 atom stereocenters. The Balaban J connectivity index is 0.000000259. The Bertz CT molecular complexity index is 667. The van der Waals surface area contributed by atoms with E-state index in [-0.39, 0.29) is 0 Å². The molecule has 4 heteroatoms. The monoisotopic (exact) mass is 401 g/mol. The third-order valence-electron chi connectivity index (χ3n) is 5.58. The Kier molecular flexibility index (Phi) is 11.2. The van der Waals surface area contributed by atoms with Gasteiger partial charge in [0.05, 0.1) is 30.4 Å². The zero-order valence-electron chi connectivity index (χ0n) is 19.0. The van der Waals surface area contributed by atoms with Gasteiger partial charge in [0.25, 0.3) is 0 Å². The number of aryl methyl sites for hydroxylation is 2. The van der Waals surface area contributed by atoms with E-state index in [1.54, 1.807) is 0 Å². The second kappa shape index (κ2) is 12.8. The van der Waals surface area contributed by atoms with Gasteiger partial charge in [0.15, 0.2) is 5.79 Å². The number of nitrogens with zero attached hydrogens (tertiary/aromatic N) is 1. The van der Waals surface area contributed by atoms with Gasteiger partial charge in [-0.3, -0.25) is 0 Å². The number of unbranched alkanes of at least 4 members (excludes halogenated alkanes) is 1. The van der Waals surface area contributed by atoms with Gasteiger partial charge in [-0.15, -0.1) is 0 Å². The zero-order chi connectivity index (χ0) is 21.8. The molecular weight excluding hydrogens is 362 g/mol. The van der Waals surface area contributed by atoms with Gasteiger partial charge in [-0.25, -0.2) is 0 Å². The van der Waals surface area contributed by atoms with Gasteiger partial charge in [-0.05, 0) is 70.2 Å². The average Bonchev–Trinajstić information content (AvgIpc) is 3.16. The fourth-order valence-electron chi connectivity index (χ4n) is 3.64. The first-order chi connectivity index (χ1) is 13.8. The molecule has 1 aliphatic carbocycles. The molecule has 1 aromatic carbocycles. The van der Waals surface area contributed by atoms with Crippen molar-refractivity contribution in [2.45, 2.75) is 91.0 Å². The standard InChI is InChI=1S/C12H22O3.C9H9N.C4H8/c1-2-3-5-11(13)6-4-7-12(10-11)14-8-9-15-12;1-7-3-4-9(6-10)5-8(7)2;1-3-4-2/h13H,2-10H2,1H3;3-5H,1-2H3;3-4H,1-2H3/b;;4-3-. The summed E-state index contributed by atoms with van der Waals surface area (Å²) >= 11 is 0. The van der Waals surface area contributed by atoms with Crippen LogP contribution >= 0.6 is 0 Å². The smallest absolute Gasteiger partial charge is 0.171 e. The molecule has 2 fully saturated rings. The summed E-state index contributed by atoms with van der Waals surface area (Å²) < 4.78 is 11.3. The predicted octanol–water partition coefficient (Wildman–Crippen LogP) is 5.98. The second-order valence-corrected chi connectivity index (χ2v) is 8.04. The van der Waals surface area contributed by atoms with Crippen LogP contribution in [-0.4, -0.2) is 29.7 Å². The van der Waals surface area contributed by atoms with Crippen molar-refractivity contribution in [3.05, 3.63) is 47.0 Å². The zero-order valence-corrected chi connectivity index (χ0v) is 19.0. The summed E-state index contributed by atoms with van der Waals surface area (Å²) in [4.78, 5) is 0. The molecule has 4 nitrogen and oxygen atoms in total. The molecule has 1 saturated carbocycles. The maximum Gasteiger partial charge on any atom is 0.171 e. The van der Waals surface area contributed by atoms with Gasteiger partial charge >= 0.3 is 0 Å². The molecule has 1 spiro atoms. The number of nitriles is 1. The van der Waals surface area contributed by atoms with Crippen LogP contribution in [-0.2, 0) is 9.47 Å². The minimum atomic E-state index is -0.543. The maximum absolute atomic E-state index is 10.5. The van der Waals surface area contributed by atoms with E-state index in [2.05, 4.69) is 13.0 Å². The number of hydrogen-bond acceptors (Lipinski definition) is 4. The van der Waals surface area contributed by atoms with E-state index in [9.17, 15) is 5.11 Å². The number of rotatable bonds is 3. The highest BCUT2D eigenvalue weighted by Gasteiger charge is 2.47. The lowest BCUT2D eigenvalue weighted by Gasteiger charge is -2.41. The summed E-state index contributed by atoms with van der Waals surface area (Å²) in [6, 6.07) is 7.79. The van der Waals surface area contributed by atoms with Crippen molar-refractivity contribution in [3.63, 3.8) is 0 Å². The number of hydrogen-bond donors (Lipinski definition) is 1. The Morgan fingerprint density at radius 2 is 1.76 bits per heavy atom. The Hall–Kier alpha value is -1.67. The van der Waals surface area contributed by atoms with Crippen LogP contribution in [0.3, 0.4) is 0 Å². The lowest BCUT2D eigenvalue weighted by Crippen LogP contribution is -2.46. The number of allylic oxidation sites excluding steroid dienone is 2. The van der Waals surface area contributed by atoms with Crippen molar-refractivity contribution in [1.82, 2.24) is 0 Å². The summed E-state index contributed by atoms with van der Waals surface area (Å²) in [6.07, 6.45) is 10.6. The molecular formula is C25H39NO3. The molecule has 0 aromatic heterocycles. The summed E-state index contributed by atoms with van der Waals surface area (Å²) in [6.45, 7) is 11.6. The van der Waals surface area contributed by atoms with E-state index in [0.29, 0.717) is 19.6 Å². The topological polar surface area (TPSA) is 62.5 Å². The molecule has 1 unspecified atom stereocenters. The van der Waals surface area contributed by atoms with Crippen LogP contribution in [0.15, 0.2) is 30.4 Å². The van der Waals surface area contributed by atoms with Crippen LogP contribution in [0.1, 0.15) is 82.4 Å². The molecule has 3 rings (SSSR count). The molecule has 0 amide bonds. The molecule has 1 aromatic rings. The third-order valence-corrected chi connectivity index (χ3v) is 5.58. The molecule has 1 N–H and O–H groups in total. The first kappa shape index (κ1) is 25.4. The maximum atomic E-state index is 10.5. The van der Waals surface area contributed by atoms with Gasteiger partial charge in [0.1, 0.15) is 0 Å². The first-order valence-corrected chi connectivity index (χ1v) is 10.9. The van der Waals surface area contributed by atoms with Gasteiger partial charge in [0.2, 0.25) is 0 Å². The number of ether oxygens (including phenoxy) is 2. The Morgan fingerprint density at radius 3 is 2.28 bits per heavy atom. The van der Waals surface area contributed by atoms with Crippen LogP contribution < -0.4 is 0 Å². The van der Waals surface area contributed by atoms with Crippen LogP contribution in [0.2, 0.25) is 0 Å². The Morgan fingerprint density at radius 1 is 1.10 bits per heavy atom. The van der Waals surface area contributed by atoms with Gasteiger partial charge < -0.3 is 14.6 Å². The van der Waals surface area contributed by atoms with E-state index >= 15 is 0 Å². The SMILES string of the molecule is C/C=C\C.CCCCC1(O)CCCC2(C1)OCCO2.Cc1ccc(C#N)cc1C. The van der Waals surface area contributed by atoms with Crippen LogP contribution in [0.25, 0.3) is 0 Å². The molecule has 0 radical (unpaired) electrons. The van der Waals surface area contributed by atoms with Crippen LogP contribution in [0, 0.1) is 25.2 Å². The molecule has 1 saturated heterocycles. The summed E-state index contributed by atoms with van der Waals surface area (Å²) in [5.74, 6) is -0.444. The van der Waals surface area contributed by atoms with Crippen molar-refractivity contribution in [2.75, 3.05) is 13.2 Å². The van der Waals surface area contributed by atoms with Gasteiger partial charge in [-0.1, -0.05) is 38.0 Å². The van der Waals surface area contributed by atoms with Crippen LogP contribution in [0.5, 0.6) is 0 Å². The highest BCUT2D eigenvalue weighted by molar-refractivity contribution is 5.36. The second-order valence-electron chi connectivity index (χ2n) is 8.04. The fraction of sp³-hybridized carbons (Fsp3) is 0.640. The van der Waals surface area contributed by atoms with Crippen molar-refractivity contribution >= 4 is 0 Å². The lowest BCUT2D eigenvalue weighted by atomic mass is 9.78. The largest absolute Gasteiger partial charge is 0.390 e. The molecule has 0 bridgehead atoms. The number of aliphatic hydroxyl groups is 1. The summed E-state index contributed by atoms with van der Waals surface area (Å²) in [5, 5.41) is 19.0. The fourth-order valence-corrected chi connectivity index (χ4v) is 3.64. The summed E-state index contributed by atoms with van der Waals surface area (Å²) in [7, 11) is 0. The van der Waals surface area contributed by atoms with Gasteiger partial charge in [-0.2, -0.15) is 5.26 Å².